The summed E-state index contributed by atoms with van der Waals surface area (Å²) in [5.74, 6) is 0. The molecule has 0 fully saturated rings. The van der Waals surface area contributed by atoms with Crippen LogP contribution in [0, 0.1) is 0 Å². The molecule has 0 atom stereocenters. The van der Waals surface area contributed by atoms with Crippen LogP contribution in [0.4, 0.5) is 5.13 Å². The summed E-state index contributed by atoms with van der Waals surface area (Å²) in [6, 6.07) is 0. The van der Waals surface area contributed by atoms with Crippen LogP contribution in [0.3, 0.4) is 0 Å². The lowest BCUT2D eigenvalue weighted by Gasteiger charge is -1.99. The second-order valence-electron chi connectivity index (χ2n) is 3.00. The SMILES string of the molecule is CCCn1nncc1-c1nnc(NC)s1. The van der Waals surface area contributed by atoms with Gasteiger partial charge in [-0.2, -0.15) is 0 Å². The second kappa shape index (κ2) is 4.35. The lowest BCUT2D eigenvalue weighted by Crippen LogP contribution is -2.01. The van der Waals surface area contributed by atoms with Gasteiger partial charge in [0.05, 0.1) is 6.20 Å². The number of nitrogens with zero attached hydrogens (tertiary/aromatic N) is 5. The summed E-state index contributed by atoms with van der Waals surface area (Å²) in [6.07, 6.45) is 2.74. The number of nitrogens with one attached hydrogen (secondary N) is 1. The fourth-order valence-corrected chi connectivity index (χ4v) is 1.94. The van der Waals surface area contributed by atoms with Gasteiger partial charge >= 0.3 is 0 Å². The van der Waals surface area contributed by atoms with E-state index in [1.807, 2.05) is 11.7 Å². The summed E-state index contributed by atoms with van der Waals surface area (Å²) < 4.78 is 1.85. The second-order valence-corrected chi connectivity index (χ2v) is 3.98. The number of rotatable bonds is 4. The van der Waals surface area contributed by atoms with Gasteiger partial charge < -0.3 is 5.32 Å². The van der Waals surface area contributed by atoms with Gasteiger partial charge in [0, 0.05) is 13.6 Å². The summed E-state index contributed by atoms with van der Waals surface area (Å²) in [6.45, 7) is 2.95. The minimum atomic E-state index is 0.800. The van der Waals surface area contributed by atoms with Crippen LogP contribution in [-0.2, 0) is 6.54 Å². The van der Waals surface area contributed by atoms with Crippen LogP contribution in [0.25, 0.3) is 10.7 Å². The Labute approximate surface area is 91.3 Å². The fourth-order valence-electron chi connectivity index (χ4n) is 1.23. The third-order valence-electron chi connectivity index (χ3n) is 1.91. The summed E-state index contributed by atoms with van der Waals surface area (Å²) in [4.78, 5) is 0. The molecule has 2 heterocycles. The molecule has 0 bridgehead atoms. The molecule has 0 amide bonds. The molecule has 0 unspecified atom stereocenters. The summed E-state index contributed by atoms with van der Waals surface area (Å²) in [7, 11) is 1.83. The maximum absolute atomic E-state index is 4.08. The zero-order chi connectivity index (χ0) is 10.7. The van der Waals surface area contributed by atoms with E-state index in [9.17, 15) is 0 Å². The van der Waals surface area contributed by atoms with E-state index in [4.69, 9.17) is 0 Å². The highest BCUT2D eigenvalue weighted by atomic mass is 32.1. The summed E-state index contributed by atoms with van der Waals surface area (Å²) in [5.41, 5.74) is 0.927. The third-order valence-corrected chi connectivity index (χ3v) is 2.87. The number of hydrogen-bond acceptors (Lipinski definition) is 6. The Hall–Kier alpha value is -1.50. The number of anilines is 1. The standard InChI is InChI=1S/C8H12N6S/c1-3-4-14-6(5-10-13-14)7-11-12-8(9-2)15-7/h5H,3-4H2,1-2H3,(H,9,12). The van der Waals surface area contributed by atoms with Crippen molar-refractivity contribution in [1.82, 2.24) is 25.2 Å². The average molecular weight is 224 g/mol. The monoisotopic (exact) mass is 224 g/mol. The zero-order valence-electron chi connectivity index (χ0n) is 8.64. The first-order chi connectivity index (χ1) is 7.35. The van der Waals surface area contributed by atoms with Crippen molar-refractivity contribution < 1.29 is 0 Å². The van der Waals surface area contributed by atoms with Gasteiger partial charge in [-0.05, 0) is 6.42 Å². The lowest BCUT2D eigenvalue weighted by molar-refractivity contribution is 0.584. The minimum Gasteiger partial charge on any atom is -0.363 e. The van der Waals surface area contributed by atoms with Crippen LogP contribution in [-0.4, -0.2) is 32.2 Å². The van der Waals surface area contributed by atoms with Crippen molar-refractivity contribution in [2.24, 2.45) is 0 Å². The normalized spacial score (nSPS) is 10.5. The molecule has 7 heteroatoms. The van der Waals surface area contributed by atoms with Crippen LogP contribution in [0.15, 0.2) is 6.20 Å². The van der Waals surface area contributed by atoms with Gasteiger partial charge in [0.1, 0.15) is 5.69 Å². The summed E-state index contributed by atoms with van der Waals surface area (Å²) >= 11 is 1.50. The van der Waals surface area contributed by atoms with Crippen molar-refractivity contribution >= 4 is 16.5 Å². The Kier molecular flexibility index (Phi) is 2.91. The molecule has 0 aliphatic heterocycles. The van der Waals surface area contributed by atoms with Gasteiger partial charge in [-0.25, -0.2) is 4.68 Å². The predicted octanol–water partition coefficient (Wildman–Crippen LogP) is 1.25. The Morgan fingerprint density at radius 1 is 1.47 bits per heavy atom. The quantitative estimate of drug-likeness (QED) is 0.846. The van der Waals surface area contributed by atoms with Crippen LogP contribution in [0.5, 0.6) is 0 Å². The lowest BCUT2D eigenvalue weighted by atomic mass is 10.4. The average Bonchev–Trinajstić information content (AvgIpc) is 2.85. The smallest absolute Gasteiger partial charge is 0.205 e. The van der Waals surface area contributed by atoms with E-state index in [0.29, 0.717) is 0 Å². The first-order valence-electron chi connectivity index (χ1n) is 4.75. The molecule has 0 aliphatic carbocycles. The van der Waals surface area contributed by atoms with Gasteiger partial charge in [-0.1, -0.05) is 23.5 Å². The van der Waals surface area contributed by atoms with Crippen molar-refractivity contribution in [3.05, 3.63) is 6.20 Å². The Morgan fingerprint density at radius 3 is 3.00 bits per heavy atom. The topological polar surface area (TPSA) is 68.5 Å². The third kappa shape index (κ3) is 1.96. The van der Waals surface area contributed by atoms with Gasteiger partial charge in [0.2, 0.25) is 5.13 Å². The van der Waals surface area contributed by atoms with E-state index in [1.54, 1.807) is 6.20 Å². The highest BCUT2D eigenvalue weighted by molar-refractivity contribution is 7.18. The Morgan fingerprint density at radius 2 is 2.33 bits per heavy atom. The van der Waals surface area contributed by atoms with Crippen LogP contribution >= 0.6 is 11.3 Å². The Bertz CT molecular complexity index is 434. The van der Waals surface area contributed by atoms with Crippen molar-refractivity contribution in [2.75, 3.05) is 12.4 Å². The largest absolute Gasteiger partial charge is 0.363 e. The highest BCUT2D eigenvalue weighted by Crippen LogP contribution is 2.24. The molecule has 0 aromatic carbocycles. The maximum atomic E-state index is 4.08. The van der Waals surface area contributed by atoms with Crippen molar-refractivity contribution in [3.8, 4) is 10.7 Å². The number of aromatic nitrogens is 5. The zero-order valence-corrected chi connectivity index (χ0v) is 9.45. The first kappa shape index (κ1) is 10.0. The van der Waals surface area contributed by atoms with Crippen LogP contribution in [0.1, 0.15) is 13.3 Å². The molecule has 2 aromatic heterocycles. The van der Waals surface area contributed by atoms with Gasteiger partial charge in [-0.15, -0.1) is 15.3 Å². The van der Waals surface area contributed by atoms with Crippen molar-refractivity contribution in [1.29, 1.82) is 0 Å². The van der Waals surface area contributed by atoms with Gasteiger partial charge in [0.15, 0.2) is 5.01 Å². The molecule has 2 rings (SSSR count). The molecule has 1 N–H and O–H groups in total. The number of hydrogen-bond donors (Lipinski definition) is 1. The van der Waals surface area contributed by atoms with E-state index in [2.05, 4.69) is 32.7 Å². The molecule has 0 aliphatic rings. The fraction of sp³-hybridized carbons (Fsp3) is 0.500. The van der Waals surface area contributed by atoms with Crippen LogP contribution in [0.2, 0.25) is 0 Å². The van der Waals surface area contributed by atoms with E-state index in [-0.39, 0.29) is 0 Å². The molecule has 15 heavy (non-hydrogen) atoms. The van der Waals surface area contributed by atoms with E-state index < -0.39 is 0 Å². The molecule has 0 saturated carbocycles. The molecule has 6 nitrogen and oxygen atoms in total. The Balaban J connectivity index is 2.31. The molecule has 0 radical (unpaired) electrons. The maximum Gasteiger partial charge on any atom is 0.205 e. The van der Waals surface area contributed by atoms with Gasteiger partial charge in [-0.3, -0.25) is 0 Å². The molecule has 2 aromatic rings. The van der Waals surface area contributed by atoms with Crippen molar-refractivity contribution in [3.63, 3.8) is 0 Å². The first-order valence-corrected chi connectivity index (χ1v) is 5.57. The minimum absolute atomic E-state index is 0.800. The molecule has 80 valence electrons. The van der Waals surface area contributed by atoms with E-state index in [1.165, 1.54) is 11.3 Å². The van der Waals surface area contributed by atoms with Crippen LogP contribution < -0.4 is 5.32 Å². The molecule has 0 saturated heterocycles. The molecule has 0 spiro atoms. The van der Waals surface area contributed by atoms with Crippen molar-refractivity contribution in [2.45, 2.75) is 19.9 Å². The number of aryl methyl sites for hydroxylation is 1. The van der Waals surface area contributed by atoms with E-state index in [0.717, 1.165) is 28.8 Å². The van der Waals surface area contributed by atoms with E-state index >= 15 is 0 Å². The van der Waals surface area contributed by atoms with Gasteiger partial charge in [0.25, 0.3) is 0 Å². The predicted molar refractivity (Wildman–Crippen MR) is 58.8 cm³/mol. The molecular weight excluding hydrogens is 212 g/mol. The highest BCUT2D eigenvalue weighted by Gasteiger charge is 2.11. The molecular formula is C8H12N6S. The summed E-state index contributed by atoms with van der Waals surface area (Å²) in [5, 5.41) is 20.5.